The summed E-state index contributed by atoms with van der Waals surface area (Å²) in [5.41, 5.74) is 2.53. The first kappa shape index (κ1) is 19.5. The van der Waals surface area contributed by atoms with E-state index < -0.39 is 0 Å². The summed E-state index contributed by atoms with van der Waals surface area (Å²) in [6.45, 7) is 3.22. The molecule has 1 aliphatic rings. The van der Waals surface area contributed by atoms with Crippen LogP contribution in [0.3, 0.4) is 0 Å². The number of hydrogen-bond donors (Lipinski definition) is 2. The Kier molecular flexibility index (Phi) is 6.24. The van der Waals surface area contributed by atoms with Crippen LogP contribution in [-0.4, -0.2) is 23.4 Å². The van der Waals surface area contributed by atoms with Crippen molar-refractivity contribution in [2.75, 3.05) is 11.9 Å². The van der Waals surface area contributed by atoms with Gasteiger partial charge >= 0.3 is 6.03 Å². The number of urea groups is 1. The van der Waals surface area contributed by atoms with Crippen LogP contribution in [0.1, 0.15) is 36.9 Å². The molecule has 0 spiro atoms. The molecule has 0 aromatic heterocycles. The molecular formula is C20H21Cl2N3O2. The molecule has 5 nitrogen and oxygen atoms in total. The molecule has 0 aliphatic carbocycles. The summed E-state index contributed by atoms with van der Waals surface area (Å²) in [6.07, 6.45) is 1.53. The molecule has 142 valence electrons. The molecule has 7 heteroatoms. The SMILES string of the molecule is C[C@@H](NC(=O)Nc1cccc(CN2CCCC2=O)c1)c1ccc(Cl)c(Cl)c1. The monoisotopic (exact) mass is 405 g/mol. The van der Waals surface area contributed by atoms with Gasteiger partial charge in [0.25, 0.3) is 0 Å². The molecule has 1 aliphatic heterocycles. The molecule has 0 radical (unpaired) electrons. The first-order valence-electron chi connectivity index (χ1n) is 8.81. The van der Waals surface area contributed by atoms with E-state index in [4.69, 9.17) is 23.2 Å². The van der Waals surface area contributed by atoms with E-state index in [2.05, 4.69) is 10.6 Å². The van der Waals surface area contributed by atoms with Gasteiger partial charge in [0.1, 0.15) is 0 Å². The summed E-state index contributed by atoms with van der Waals surface area (Å²) in [6, 6.07) is 12.2. The Hall–Kier alpha value is -2.24. The summed E-state index contributed by atoms with van der Waals surface area (Å²) < 4.78 is 0. The molecule has 2 N–H and O–H groups in total. The molecule has 1 atom stereocenters. The molecule has 0 bridgehead atoms. The van der Waals surface area contributed by atoms with Crippen LogP contribution in [0.2, 0.25) is 10.0 Å². The largest absolute Gasteiger partial charge is 0.338 e. The lowest BCUT2D eigenvalue weighted by atomic mass is 10.1. The van der Waals surface area contributed by atoms with Crippen LogP contribution in [-0.2, 0) is 11.3 Å². The van der Waals surface area contributed by atoms with Gasteiger partial charge in [-0.2, -0.15) is 0 Å². The Morgan fingerprint density at radius 1 is 1.19 bits per heavy atom. The van der Waals surface area contributed by atoms with Crippen LogP contribution in [0.5, 0.6) is 0 Å². The second-order valence-electron chi connectivity index (χ2n) is 6.61. The highest BCUT2D eigenvalue weighted by atomic mass is 35.5. The molecule has 2 aromatic rings. The standard InChI is InChI=1S/C20H21Cl2N3O2/c1-13(15-7-8-17(21)18(22)11-15)23-20(27)24-16-5-2-4-14(10-16)12-25-9-3-6-19(25)26/h2,4-5,7-8,10-11,13H,3,6,9,12H2,1H3,(H2,23,24,27)/t13-/m1/s1. The molecular weight excluding hydrogens is 385 g/mol. The van der Waals surface area contributed by atoms with Crippen molar-refractivity contribution < 1.29 is 9.59 Å². The minimum Gasteiger partial charge on any atom is -0.338 e. The Morgan fingerprint density at radius 3 is 2.70 bits per heavy atom. The fourth-order valence-corrected chi connectivity index (χ4v) is 3.37. The van der Waals surface area contributed by atoms with E-state index in [1.165, 1.54) is 0 Å². The van der Waals surface area contributed by atoms with Crippen molar-refractivity contribution >= 4 is 40.8 Å². The van der Waals surface area contributed by atoms with Gasteiger partial charge in [-0.05, 0) is 48.7 Å². The third-order valence-electron chi connectivity index (χ3n) is 4.52. The topological polar surface area (TPSA) is 61.4 Å². The van der Waals surface area contributed by atoms with E-state index in [0.29, 0.717) is 28.7 Å². The fraction of sp³-hybridized carbons (Fsp3) is 0.300. The quantitative estimate of drug-likeness (QED) is 0.734. The van der Waals surface area contributed by atoms with Gasteiger partial charge in [-0.3, -0.25) is 4.79 Å². The van der Waals surface area contributed by atoms with Gasteiger partial charge in [0, 0.05) is 25.2 Å². The third kappa shape index (κ3) is 5.15. The molecule has 3 amide bonds. The van der Waals surface area contributed by atoms with Crippen molar-refractivity contribution in [3.63, 3.8) is 0 Å². The van der Waals surface area contributed by atoms with Gasteiger partial charge in [0.05, 0.1) is 16.1 Å². The molecule has 2 aromatic carbocycles. The Morgan fingerprint density at radius 2 is 2.00 bits per heavy atom. The van der Waals surface area contributed by atoms with Crippen LogP contribution >= 0.6 is 23.2 Å². The highest BCUT2D eigenvalue weighted by Crippen LogP contribution is 2.25. The highest BCUT2D eigenvalue weighted by Gasteiger charge is 2.20. The maximum atomic E-state index is 12.3. The maximum absolute atomic E-state index is 12.3. The maximum Gasteiger partial charge on any atom is 0.319 e. The predicted molar refractivity (Wildman–Crippen MR) is 108 cm³/mol. The second kappa shape index (κ2) is 8.63. The van der Waals surface area contributed by atoms with Crippen molar-refractivity contribution in [1.29, 1.82) is 0 Å². The number of benzene rings is 2. The minimum absolute atomic E-state index is 0.182. The smallest absolute Gasteiger partial charge is 0.319 e. The number of likely N-dealkylation sites (tertiary alicyclic amines) is 1. The lowest BCUT2D eigenvalue weighted by Gasteiger charge is -2.17. The average Bonchev–Trinajstić information content (AvgIpc) is 3.02. The van der Waals surface area contributed by atoms with Crippen molar-refractivity contribution in [3.05, 3.63) is 63.6 Å². The highest BCUT2D eigenvalue weighted by molar-refractivity contribution is 6.42. The zero-order chi connectivity index (χ0) is 19.4. The minimum atomic E-state index is -0.317. The molecule has 1 fully saturated rings. The van der Waals surface area contributed by atoms with Crippen LogP contribution in [0.25, 0.3) is 0 Å². The third-order valence-corrected chi connectivity index (χ3v) is 5.26. The number of nitrogens with one attached hydrogen (secondary N) is 2. The molecule has 3 rings (SSSR count). The fourth-order valence-electron chi connectivity index (χ4n) is 3.07. The molecule has 1 saturated heterocycles. The molecule has 1 heterocycles. The van der Waals surface area contributed by atoms with E-state index in [9.17, 15) is 9.59 Å². The van der Waals surface area contributed by atoms with Gasteiger partial charge in [-0.25, -0.2) is 4.79 Å². The van der Waals surface area contributed by atoms with Crippen molar-refractivity contribution in [3.8, 4) is 0 Å². The van der Waals surface area contributed by atoms with Crippen molar-refractivity contribution in [1.82, 2.24) is 10.2 Å². The van der Waals surface area contributed by atoms with Gasteiger partial charge < -0.3 is 15.5 Å². The average molecular weight is 406 g/mol. The summed E-state index contributed by atoms with van der Waals surface area (Å²) in [7, 11) is 0. The number of anilines is 1. The zero-order valence-corrected chi connectivity index (χ0v) is 16.5. The number of carbonyl (C=O) groups excluding carboxylic acids is 2. The van der Waals surface area contributed by atoms with Crippen molar-refractivity contribution in [2.45, 2.75) is 32.4 Å². The van der Waals surface area contributed by atoms with Crippen molar-refractivity contribution in [2.24, 2.45) is 0 Å². The van der Waals surface area contributed by atoms with Gasteiger partial charge in [-0.15, -0.1) is 0 Å². The molecule has 0 unspecified atom stereocenters. The second-order valence-corrected chi connectivity index (χ2v) is 7.43. The van der Waals surface area contributed by atoms with Crippen LogP contribution in [0, 0.1) is 0 Å². The summed E-state index contributed by atoms with van der Waals surface area (Å²) in [5, 5.41) is 6.64. The van der Waals surface area contributed by atoms with E-state index in [1.807, 2.05) is 42.2 Å². The van der Waals surface area contributed by atoms with E-state index in [0.717, 1.165) is 24.1 Å². The zero-order valence-electron chi connectivity index (χ0n) is 15.0. The number of carbonyl (C=O) groups is 2. The van der Waals surface area contributed by atoms with Crippen LogP contribution < -0.4 is 10.6 Å². The van der Waals surface area contributed by atoms with Gasteiger partial charge in [0.2, 0.25) is 5.91 Å². The number of rotatable bonds is 5. The summed E-state index contributed by atoms with van der Waals surface area (Å²) >= 11 is 12.0. The number of hydrogen-bond acceptors (Lipinski definition) is 2. The van der Waals surface area contributed by atoms with E-state index in [1.54, 1.807) is 12.1 Å². The number of amides is 3. The summed E-state index contributed by atoms with van der Waals surface area (Å²) in [5.74, 6) is 0.182. The molecule has 27 heavy (non-hydrogen) atoms. The van der Waals surface area contributed by atoms with Gasteiger partial charge in [-0.1, -0.05) is 41.4 Å². The van der Waals surface area contributed by atoms with Crippen LogP contribution in [0.4, 0.5) is 10.5 Å². The first-order chi connectivity index (χ1) is 12.9. The van der Waals surface area contributed by atoms with E-state index in [-0.39, 0.29) is 18.0 Å². The van der Waals surface area contributed by atoms with E-state index >= 15 is 0 Å². The number of nitrogens with zero attached hydrogens (tertiary/aromatic N) is 1. The lowest BCUT2D eigenvalue weighted by Crippen LogP contribution is -2.31. The van der Waals surface area contributed by atoms with Crippen LogP contribution in [0.15, 0.2) is 42.5 Å². The Labute approximate surface area is 168 Å². The lowest BCUT2D eigenvalue weighted by molar-refractivity contribution is -0.128. The Balaban J connectivity index is 1.59. The van der Waals surface area contributed by atoms with Gasteiger partial charge in [0.15, 0.2) is 0 Å². The Bertz CT molecular complexity index is 857. The normalized spacial score (nSPS) is 14.9. The first-order valence-corrected chi connectivity index (χ1v) is 9.57. The summed E-state index contributed by atoms with van der Waals surface area (Å²) in [4.78, 5) is 25.9. The molecule has 0 saturated carbocycles. The number of halogens is 2. The predicted octanol–water partition coefficient (Wildman–Crippen LogP) is 5.00.